The van der Waals surface area contributed by atoms with Crippen LogP contribution >= 0.6 is 0 Å². The fourth-order valence-corrected chi connectivity index (χ4v) is 0.958. The van der Waals surface area contributed by atoms with Gasteiger partial charge in [-0.25, -0.2) is 4.79 Å². The van der Waals surface area contributed by atoms with Crippen molar-refractivity contribution in [3.05, 3.63) is 18.4 Å². The number of nitrogens with zero attached hydrogens (tertiary/aromatic N) is 1. The van der Waals surface area contributed by atoms with Crippen LogP contribution in [0, 0.1) is 0 Å². The highest BCUT2D eigenvalue weighted by Gasteiger charge is 2.06. The molecule has 0 spiro atoms. The Balaban J connectivity index is 2.45. The largest absolute Gasteiger partial charge is 0.447 e. The summed E-state index contributed by atoms with van der Waals surface area (Å²) in [6.45, 7) is 3.88. The SMILES string of the molecule is CCC(C)NC(=O)NC(N)=Nc1ccco1. The van der Waals surface area contributed by atoms with E-state index < -0.39 is 0 Å². The van der Waals surface area contributed by atoms with Gasteiger partial charge in [-0.05, 0) is 19.4 Å². The van der Waals surface area contributed by atoms with E-state index >= 15 is 0 Å². The number of nitrogens with two attached hydrogens (primary N) is 1. The molecule has 0 fully saturated rings. The van der Waals surface area contributed by atoms with Crippen molar-refractivity contribution in [3.8, 4) is 0 Å². The molecule has 1 aromatic rings. The highest BCUT2D eigenvalue weighted by molar-refractivity contribution is 5.96. The standard InChI is InChI=1S/C10H16N4O2/c1-3-7(2)12-10(15)14-9(11)13-8-5-4-6-16-8/h4-7H,3H2,1-2H3,(H4,11,12,13,14,15). The van der Waals surface area contributed by atoms with Gasteiger partial charge in [-0.15, -0.1) is 0 Å². The molecule has 6 nitrogen and oxygen atoms in total. The number of urea groups is 1. The molecule has 1 aromatic heterocycles. The molecule has 0 bridgehead atoms. The molecule has 1 unspecified atom stereocenters. The van der Waals surface area contributed by atoms with Gasteiger partial charge >= 0.3 is 6.03 Å². The fourth-order valence-electron chi connectivity index (χ4n) is 0.958. The minimum absolute atomic E-state index is 0.00393. The Kier molecular flexibility index (Phi) is 4.38. The van der Waals surface area contributed by atoms with Crippen LogP contribution in [-0.4, -0.2) is 18.0 Å². The van der Waals surface area contributed by atoms with Gasteiger partial charge in [-0.3, -0.25) is 5.32 Å². The maximum absolute atomic E-state index is 11.3. The van der Waals surface area contributed by atoms with Crippen LogP contribution < -0.4 is 16.4 Å². The summed E-state index contributed by atoms with van der Waals surface area (Å²) in [7, 11) is 0. The zero-order valence-corrected chi connectivity index (χ0v) is 9.36. The molecule has 0 saturated heterocycles. The first-order chi connectivity index (χ1) is 7.61. The molecule has 0 aromatic carbocycles. The van der Waals surface area contributed by atoms with Crippen LogP contribution in [0.25, 0.3) is 0 Å². The quantitative estimate of drug-likeness (QED) is 0.534. The van der Waals surface area contributed by atoms with Crippen LogP contribution in [0.4, 0.5) is 10.7 Å². The highest BCUT2D eigenvalue weighted by atomic mass is 16.3. The summed E-state index contributed by atoms with van der Waals surface area (Å²) >= 11 is 0. The van der Waals surface area contributed by atoms with Crippen LogP contribution in [-0.2, 0) is 0 Å². The van der Waals surface area contributed by atoms with E-state index in [1.54, 1.807) is 12.1 Å². The lowest BCUT2D eigenvalue weighted by atomic mass is 10.3. The van der Waals surface area contributed by atoms with Gasteiger partial charge in [0.05, 0.1) is 6.26 Å². The predicted molar refractivity (Wildman–Crippen MR) is 61.4 cm³/mol. The van der Waals surface area contributed by atoms with Crippen LogP contribution in [0.3, 0.4) is 0 Å². The number of guanidine groups is 1. The minimum Gasteiger partial charge on any atom is -0.447 e. The molecule has 0 saturated carbocycles. The summed E-state index contributed by atoms with van der Waals surface area (Å²) in [5.41, 5.74) is 5.50. The van der Waals surface area contributed by atoms with E-state index in [2.05, 4.69) is 15.6 Å². The molecule has 6 heteroatoms. The Bertz CT molecular complexity index is 359. The maximum Gasteiger partial charge on any atom is 0.321 e. The molecule has 1 heterocycles. The molecule has 0 aliphatic heterocycles. The van der Waals surface area contributed by atoms with E-state index in [4.69, 9.17) is 10.2 Å². The average Bonchev–Trinajstić information content (AvgIpc) is 2.69. The van der Waals surface area contributed by atoms with Crippen molar-refractivity contribution < 1.29 is 9.21 Å². The number of carbonyl (C=O) groups excluding carboxylic acids is 1. The second-order valence-electron chi connectivity index (χ2n) is 3.36. The lowest BCUT2D eigenvalue weighted by Crippen LogP contribution is -2.46. The zero-order chi connectivity index (χ0) is 12.0. The lowest BCUT2D eigenvalue weighted by Gasteiger charge is -2.11. The summed E-state index contributed by atoms with van der Waals surface area (Å²) in [5.74, 6) is 0.345. The Labute approximate surface area is 93.9 Å². The molecule has 1 rings (SSSR count). The molecule has 0 radical (unpaired) electrons. The average molecular weight is 224 g/mol. The zero-order valence-electron chi connectivity index (χ0n) is 9.36. The number of rotatable bonds is 3. The molecule has 0 aliphatic carbocycles. The van der Waals surface area contributed by atoms with Crippen molar-refractivity contribution in [2.24, 2.45) is 10.7 Å². The van der Waals surface area contributed by atoms with Gasteiger partial charge in [0.25, 0.3) is 0 Å². The van der Waals surface area contributed by atoms with Crippen molar-refractivity contribution >= 4 is 17.9 Å². The number of carbonyl (C=O) groups is 1. The summed E-state index contributed by atoms with van der Waals surface area (Å²) in [6, 6.07) is 3.05. The summed E-state index contributed by atoms with van der Waals surface area (Å²) in [4.78, 5) is 15.2. The Hall–Kier alpha value is -1.98. The van der Waals surface area contributed by atoms with Crippen molar-refractivity contribution in [2.45, 2.75) is 26.3 Å². The fraction of sp³-hybridized carbons (Fsp3) is 0.400. The Morgan fingerprint density at radius 1 is 1.69 bits per heavy atom. The van der Waals surface area contributed by atoms with Crippen LogP contribution in [0.1, 0.15) is 20.3 Å². The van der Waals surface area contributed by atoms with Gasteiger partial charge in [0.15, 0.2) is 0 Å². The van der Waals surface area contributed by atoms with Gasteiger partial charge in [0, 0.05) is 12.1 Å². The van der Waals surface area contributed by atoms with Crippen LogP contribution in [0.15, 0.2) is 27.8 Å². The van der Waals surface area contributed by atoms with E-state index in [9.17, 15) is 4.79 Å². The Morgan fingerprint density at radius 3 is 3.00 bits per heavy atom. The smallest absolute Gasteiger partial charge is 0.321 e. The van der Waals surface area contributed by atoms with Crippen LogP contribution in [0.5, 0.6) is 0 Å². The molecule has 2 amide bonds. The second kappa shape index (κ2) is 5.79. The molecule has 4 N–H and O–H groups in total. The number of hydrogen-bond acceptors (Lipinski definition) is 3. The van der Waals surface area contributed by atoms with Crippen molar-refractivity contribution in [1.29, 1.82) is 0 Å². The normalized spacial score (nSPS) is 13.2. The van der Waals surface area contributed by atoms with E-state index in [1.807, 2.05) is 13.8 Å². The predicted octanol–water partition coefficient (Wildman–Crippen LogP) is 1.32. The first-order valence-corrected chi connectivity index (χ1v) is 5.07. The Morgan fingerprint density at radius 2 is 2.44 bits per heavy atom. The van der Waals surface area contributed by atoms with Gasteiger partial charge in [-0.2, -0.15) is 4.99 Å². The molecule has 88 valence electrons. The maximum atomic E-state index is 11.3. The number of hydrogen-bond donors (Lipinski definition) is 3. The van der Waals surface area contributed by atoms with Gasteiger partial charge in [-0.1, -0.05) is 6.92 Å². The van der Waals surface area contributed by atoms with E-state index in [-0.39, 0.29) is 18.0 Å². The molecular weight excluding hydrogens is 208 g/mol. The topological polar surface area (TPSA) is 92.7 Å². The summed E-state index contributed by atoms with van der Waals surface area (Å²) in [6.07, 6.45) is 2.33. The third-order valence-electron chi connectivity index (χ3n) is 1.97. The molecule has 0 aliphatic rings. The van der Waals surface area contributed by atoms with Crippen LogP contribution in [0.2, 0.25) is 0 Å². The number of furan rings is 1. The third kappa shape index (κ3) is 4.04. The first kappa shape index (κ1) is 12.1. The van der Waals surface area contributed by atoms with Gasteiger partial charge < -0.3 is 15.5 Å². The van der Waals surface area contributed by atoms with Gasteiger partial charge in [0.2, 0.25) is 11.8 Å². The summed E-state index contributed by atoms with van der Waals surface area (Å²) in [5, 5.41) is 5.10. The number of aliphatic imine (C=N–C) groups is 1. The molecule has 16 heavy (non-hydrogen) atoms. The van der Waals surface area contributed by atoms with Crippen molar-refractivity contribution in [2.75, 3.05) is 0 Å². The number of amides is 2. The second-order valence-corrected chi connectivity index (χ2v) is 3.36. The molecule has 1 atom stereocenters. The number of nitrogens with one attached hydrogen (secondary N) is 2. The highest BCUT2D eigenvalue weighted by Crippen LogP contribution is 2.09. The van der Waals surface area contributed by atoms with Crippen molar-refractivity contribution in [1.82, 2.24) is 10.6 Å². The van der Waals surface area contributed by atoms with E-state index in [1.165, 1.54) is 6.26 Å². The van der Waals surface area contributed by atoms with Crippen molar-refractivity contribution in [3.63, 3.8) is 0 Å². The lowest BCUT2D eigenvalue weighted by molar-refractivity contribution is 0.242. The third-order valence-corrected chi connectivity index (χ3v) is 1.97. The monoisotopic (exact) mass is 224 g/mol. The van der Waals surface area contributed by atoms with E-state index in [0.717, 1.165) is 6.42 Å². The first-order valence-electron chi connectivity index (χ1n) is 5.07. The minimum atomic E-state index is -0.373. The molecular formula is C10H16N4O2. The summed E-state index contributed by atoms with van der Waals surface area (Å²) < 4.78 is 4.95. The van der Waals surface area contributed by atoms with Gasteiger partial charge in [0.1, 0.15) is 0 Å². The van der Waals surface area contributed by atoms with E-state index in [0.29, 0.717) is 5.88 Å².